The number of hydrogen-bond donors (Lipinski definition) is 1. The number of hydrogen-bond acceptors (Lipinski definition) is 4. The maximum absolute atomic E-state index is 12.8. The molecule has 1 aliphatic rings. The van der Waals surface area contributed by atoms with Crippen LogP contribution < -0.4 is 0 Å². The summed E-state index contributed by atoms with van der Waals surface area (Å²) in [7, 11) is 0. The Hall–Kier alpha value is -1.95. The Morgan fingerprint density at radius 2 is 1.95 bits per heavy atom. The third-order valence-electron chi connectivity index (χ3n) is 4.04. The zero-order valence-electron chi connectivity index (χ0n) is 12.6. The molecule has 0 radical (unpaired) electrons. The van der Waals surface area contributed by atoms with Crippen LogP contribution in [0.1, 0.15) is 40.3 Å². The van der Waals surface area contributed by atoms with Gasteiger partial charge in [0.2, 0.25) is 0 Å². The van der Waals surface area contributed by atoms with Crippen molar-refractivity contribution in [2.24, 2.45) is 0 Å². The Labute approximate surface area is 123 Å². The van der Waals surface area contributed by atoms with Crippen LogP contribution in [0.4, 0.5) is 0 Å². The van der Waals surface area contributed by atoms with E-state index < -0.39 is 0 Å². The summed E-state index contributed by atoms with van der Waals surface area (Å²) in [6.07, 6.45) is 0.979. The quantitative estimate of drug-likeness (QED) is 0.857. The van der Waals surface area contributed by atoms with Crippen molar-refractivity contribution in [1.82, 2.24) is 19.5 Å². The van der Waals surface area contributed by atoms with Crippen molar-refractivity contribution in [3.8, 4) is 0 Å². The van der Waals surface area contributed by atoms with Crippen molar-refractivity contribution in [3.63, 3.8) is 0 Å². The van der Waals surface area contributed by atoms with Gasteiger partial charge in [0.1, 0.15) is 5.56 Å². The molecule has 2 aromatic rings. The Kier molecular flexibility index (Phi) is 3.41. The molecule has 1 aliphatic heterocycles. The lowest BCUT2D eigenvalue weighted by atomic mass is 10.1. The van der Waals surface area contributed by atoms with Crippen LogP contribution in [0.3, 0.4) is 0 Å². The molecule has 2 aromatic heterocycles. The molecule has 1 saturated heterocycles. The van der Waals surface area contributed by atoms with E-state index in [0.29, 0.717) is 42.8 Å². The second-order valence-electron chi connectivity index (χ2n) is 5.76. The van der Waals surface area contributed by atoms with Gasteiger partial charge in [0.25, 0.3) is 5.91 Å². The average molecular weight is 288 g/mol. The van der Waals surface area contributed by atoms with Gasteiger partial charge in [-0.1, -0.05) is 0 Å². The minimum absolute atomic E-state index is 0.0353. The number of aryl methyl sites for hydroxylation is 3. The fourth-order valence-corrected chi connectivity index (χ4v) is 2.90. The van der Waals surface area contributed by atoms with E-state index in [1.807, 2.05) is 26.8 Å². The molecule has 0 saturated carbocycles. The first kappa shape index (κ1) is 14.0. The highest BCUT2D eigenvalue weighted by molar-refractivity contribution is 6.01. The molecule has 0 aromatic carbocycles. The summed E-state index contributed by atoms with van der Waals surface area (Å²) in [5.74, 6) is -0.0353. The normalized spacial score (nSPS) is 16.7. The Balaban J connectivity index is 2.03. The maximum atomic E-state index is 12.8. The molecule has 21 heavy (non-hydrogen) atoms. The summed E-state index contributed by atoms with van der Waals surface area (Å²) in [5, 5.41) is 14.0. The third-order valence-corrected chi connectivity index (χ3v) is 4.04. The molecule has 0 bridgehead atoms. The van der Waals surface area contributed by atoms with Crippen LogP contribution in [-0.2, 0) is 0 Å². The number of piperidine rings is 1. The molecule has 1 N–H and O–H groups in total. The van der Waals surface area contributed by atoms with Crippen LogP contribution in [0.25, 0.3) is 5.65 Å². The minimum Gasteiger partial charge on any atom is -0.393 e. The van der Waals surface area contributed by atoms with Gasteiger partial charge in [0.05, 0.1) is 11.8 Å². The summed E-state index contributed by atoms with van der Waals surface area (Å²) < 4.78 is 1.73. The highest BCUT2D eigenvalue weighted by Crippen LogP contribution is 2.20. The number of nitrogens with zero attached hydrogens (tertiary/aromatic N) is 4. The van der Waals surface area contributed by atoms with Crippen LogP contribution in [0, 0.1) is 20.8 Å². The predicted molar refractivity (Wildman–Crippen MR) is 78.3 cm³/mol. The minimum atomic E-state index is -0.290. The maximum Gasteiger partial charge on any atom is 0.259 e. The van der Waals surface area contributed by atoms with Crippen LogP contribution in [-0.4, -0.2) is 49.7 Å². The van der Waals surface area contributed by atoms with E-state index in [9.17, 15) is 9.90 Å². The zero-order valence-corrected chi connectivity index (χ0v) is 12.6. The molecule has 0 unspecified atom stereocenters. The van der Waals surface area contributed by atoms with Crippen LogP contribution >= 0.6 is 0 Å². The van der Waals surface area contributed by atoms with E-state index in [2.05, 4.69) is 10.1 Å². The molecule has 3 rings (SSSR count). The lowest BCUT2D eigenvalue weighted by Crippen LogP contribution is -2.40. The van der Waals surface area contributed by atoms with Gasteiger partial charge in [-0.05, 0) is 39.7 Å². The molecule has 0 aliphatic carbocycles. The summed E-state index contributed by atoms with van der Waals surface area (Å²) in [6.45, 7) is 6.89. The Morgan fingerprint density at radius 3 is 2.62 bits per heavy atom. The number of likely N-dealkylation sites (tertiary alicyclic amines) is 1. The summed E-state index contributed by atoms with van der Waals surface area (Å²) >= 11 is 0. The van der Waals surface area contributed by atoms with Gasteiger partial charge >= 0.3 is 0 Å². The van der Waals surface area contributed by atoms with E-state index in [1.54, 1.807) is 9.42 Å². The SMILES string of the molecule is Cc1cc(C)n2nc(C)c(C(=O)N3CCC(O)CC3)c2n1. The van der Waals surface area contributed by atoms with Crippen LogP contribution in [0.5, 0.6) is 0 Å². The topological polar surface area (TPSA) is 70.7 Å². The lowest BCUT2D eigenvalue weighted by Gasteiger charge is -2.29. The van der Waals surface area contributed by atoms with Gasteiger partial charge in [-0.3, -0.25) is 4.79 Å². The number of fused-ring (bicyclic) bond motifs is 1. The molecule has 112 valence electrons. The van der Waals surface area contributed by atoms with Gasteiger partial charge in [0.15, 0.2) is 5.65 Å². The first-order chi connectivity index (χ1) is 9.97. The number of aliphatic hydroxyl groups excluding tert-OH is 1. The second kappa shape index (κ2) is 5.11. The smallest absolute Gasteiger partial charge is 0.259 e. The first-order valence-corrected chi connectivity index (χ1v) is 7.28. The molecular weight excluding hydrogens is 268 g/mol. The zero-order chi connectivity index (χ0) is 15.1. The summed E-state index contributed by atoms with van der Waals surface area (Å²) in [5.41, 5.74) is 3.75. The first-order valence-electron chi connectivity index (χ1n) is 7.28. The van der Waals surface area contributed by atoms with Gasteiger partial charge in [-0.2, -0.15) is 5.10 Å². The molecular formula is C15H20N4O2. The highest BCUT2D eigenvalue weighted by atomic mass is 16.3. The largest absolute Gasteiger partial charge is 0.393 e. The molecule has 1 amide bonds. The third kappa shape index (κ3) is 2.40. The van der Waals surface area contributed by atoms with Gasteiger partial charge in [-0.15, -0.1) is 0 Å². The number of carbonyl (C=O) groups excluding carboxylic acids is 1. The van der Waals surface area contributed by atoms with E-state index in [1.165, 1.54) is 0 Å². The monoisotopic (exact) mass is 288 g/mol. The van der Waals surface area contributed by atoms with Crippen LogP contribution in [0.2, 0.25) is 0 Å². The highest BCUT2D eigenvalue weighted by Gasteiger charge is 2.27. The number of aromatic nitrogens is 3. The predicted octanol–water partition coefficient (Wildman–Crippen LogP) is 1.25. The Morgan fingerprint density at radius 1 is 1.29 bits per heavy atom. The number of aliphatic hydroxyl groups is 1. The molecule has 6 heteroatoms. The van der Waals surface area contributed by atoms with Gasteiger partial charge in [0, 0.05) is 24.5 Å². The molecule has 0 atom stereocenters. The number of rotatable bonds is 1. The van der Waals surface area contributed by atoms with Crippen molar-refractivity contribution in [2.75, 3.05) is 13.1 Å². The second-order valence-corrected chi connectivity index (χ2v) is 5.76. The summed E-state index contributed by atoms with van der Waals surface area (Å²) in [4.78, 5) is 19.1. The molecule has 1 fully saturated rings. The van der Waals surface area contributed by atoms with Gasteiger partial charge < -0.3 is 10.0 Å². The van der Waals surface area contributed by atoms with Crippen molar-refractivity contribution in [3.05, 3.63) is 28.7 Å². The van der Waals surface area contributed by atoms with Crippen LogP contribution in [0.15, 0.2) is 6.07 Å². The van der Waals surface area contributed by atoms with E-state index in [-0.39, 0.29) is 12.0 Å². The summed E-state index contributed by atoms with van der Waals surface area (Å²) in [6, 6.07) is 1.95. The molecule has 0 spiro atoms. The standard InChI is InChI=1S/C15H20N4O2/c1-9-8-10(2)19-14(16-9)13(11(3)17-19)15(21)18-6-4-12(20)5-7-18/h8,12,20H,4-7H2,1-3H3. The van der Waals surface area contributed by atoms with E-state index in [4.69, 9.17) is 0 Å². The fourth-order valence-electron chi connectivity index (χ4n) is 2.90. The number of carbonyl (C=O) groups is 1. The lowest BCUT2D eigenvalue weighted by molar-refractivity contribution is 0.0547. The average Bonchev–Trinajstić information content (AvgIpc) is 2.75. The molecule has 3 heterocycles. The van der Waals surface area contributed by atoms with Crippen molar-refractivity contribution in [1.29, 1.82) is 0 Å². The van der Waals surface area contributed by atoms with E-state index in [0.717, 1.165) is 11.4 Å². The van der Waals surface area contributed by atoms with Gasteiger partial charge in [-0.25, -0.2) is 9.50 Å². The number of amides is 1. The molecule has 6 nitrogen and oxygen atoms in total. The van der Waals surface area contributed by atoms with E-state index >= 15 is 0 Å². The fraction of sp³-hybridized carbons (Fsp3) is 0.533. The Bertz CT molecular complexity index is 699. The van der Waals surface area contributed by atoms with Crippen molar-refractivity contribution >= 4 is 11.6 Å². The van der Waals surface area contributed by atoms with Crippen molar-refractivity contribution in [2.45, 2.75) is 39.7 Å². The van der Waals surface area contributed by atoms with Crippen molar-refractivity contribution < 1.29 is 9.90 Å².